The van der Waals surface area contributed by atoms with Gasteiger partial charge in [-0.3, -0.25) is 4.79 Å². The van der Waals surface area contributed by atoms with Gasteiger partial charge in [0, 0.05) is 0 Å². The smallest absolute Gasteiger partial charge is 0.419 e. The zero-order valence-electron chi connectivity index (χ0n) is 19.3. The van der Waals surface area contributed by atoms with E-state index in [1.54, 1.807) is 52.0 Å². The summed E-state index contributed by atoms with van der Waals surface area (Å²) in [7, 11) is 0. The van der Waals surface area contributed by atoms with Crippen molar-refractivity contribution >= 4 is 12.0 Å². The van der Waals surface area contributed by atoms with Gasteiger partial charge in [-0.15, -0.1) is 0 Å². The molecule has 6 atom stereocenters. The fraction of sp³-hybridized carbons (Fsp3) is 0.652. The first-order valence-electron chi connectivity index (χ1n) is 11.1. The highest BCUT2D eigenvalue weighted by Gasteiger charge is 2.81. The monoisotopic (exact) mass is 463 g/mol. The third-order valence-electron chi connectivity index (χ3n) is 6.53. The van der Waals surface area contributed by atoms with Crippen molar-refractivity contribution in [1.29, 1.82) is 0 Å². The van der Waals surface area contributed by atoms with Crippen LogP contribution in [0.2, 0.25) is 0 Å². The van der Waals surface area contributed by atoms with E-state index in [0.29, 0.717) is 5.56 Å². The molecule has 10 nitrogen and oxygen atoms in total. The number of carbonyl (C=O) groups is 2. The third kappa shape index (κ3) is 3.23. The molecule has 4 saturated heterocycles. The number of benzene rings is 1. The van der Waals surface area contributed by atoms with Crippen molar-refractivity contribution in [2.45, 2.75) is 76.0 Å². The van der Waals surface area contributed by atoms with Crippen LogP contribution in [0.1, 0.15) is 46.3 Å². The van der Waals surface area contributed by atoms with Crippen LogP contribution in [0.4, 0.5) is 4.79 Å². The average molecular weight is 463 g/mol. The van der Waals surface area contributed by atoms with E-state index in [1.807, 2.05) is 6.07 Å². The molecule has 4 aliphatic rings. The van der Waals surface area contributed by atoms with Gasteiger partial charge in [0.05, 0.1) is 18.6 Å². The summed E-state index contributed by atoms with van der Waals surface area (Å²) in [5, 5.41) is 10.9. The second-order valence-corrected chi connectivity index (χ2v) is 9.83. The number of aliphatic hydroxyl groups excluding tert-OH is 1. The van der Waals surface area contributed by atoms with Crippen LogP contribution in [0.25, 0.3) is 0 Å². The number of rotatable bonds is 3. The van der Waals surface area contributed by atoms with Gasteiger partial charge in [-0.1, -0.05) is 37.3 Å². The zero-order chi connectivity index (χ0) is 23.8. The van der Waals surface area contributed by atoms with E-state index in [0.717, 1.165) is 4.90 Å². The molecule has 0 saturated carbocycles. The fourth-order valence-electron chi connectivity index (χ4n) is 5.26. The summed E-state index contributed by atoms with van der Waals surface area (Å²) in [4.78, 5) is 27.9. The van der Waals surface area contributed by atoms with E-state index in [9.17, 15) is 14.7 Å². The number of fused-ring (bicyclic) bond motifs is 1. The summed E-state index contributed by atoms with van der Waals surface area (Å²) in [6.45, 7) is 8.14. The Bertz CT molecular complexity index is 966. The van der Waals surface area contributed by atoms with Gasteiger partial charge in [0.2, 0.25) is 11.6 Å². The molecule has 4 heterocycles. The third-order valence-corrected chi connectivity index (χ3v) is 6.53. The summed E-state index contributed by atoms with van der Waals surface area (Å²) in [5.74, 6) is -5.60. The molecule has 10 heteroatoms. The zero-order valence-corrected chi connectivity index (χ0v) is 19.3. The molecule has 0 aliphatic carbocycles. The Morgan fingerprint density at radius 2 is 1.79 bits per heavy atom. The molecule has 1 aromatic rings. The van der Waals surface area contributed by atoms with E-state index in [2.05, 4.69) is 0 Å². The van der Waals surface area contributed by atoms with E-state index in [4.69, 9.17) is 28.4 Å². The molecular formula is C23H29NO9. The van der Waals surface area contributed by atoms with Crippen LogP contribution in [-0.2, 0) is 33.2 Å². The van der Waals surface area contributed by atoms with Crippen LogP contribution in [0.5, 0.6) is 0 Å². The molecule has 4 aliphatic heterocycles. The lowest BCUT2D eigenvalue weighted by atomic mass is 9.85. The average Bonchev–Trinajstić information content (AvgIpc) is 3.22. The van der Waals surface area contributed by atoms with Gasteiger partial charge >= 0.3 is 6.09 Å². The van der Waals surface area contributed by atoms with Gasteiger partial charge in [-0.05, 0) is 33.3 Å². The summed E-state index contributed by atoms with van der Waals surface area (Å²) < 4.78 is 36.2. The predicted octanol–water partition coefficient (Wildman–Crippen LogP) is 2.06. The molecule has 0 aromatic heterocycles. The van der Waals surface area contributed by atoms with Crippen LogP contribution in [0.3, 0.4) is 0 Å². The minimum absolute atomic E-state index is 0.0943. The number of nitrogens with zero attached hydrogens (tertiary/aromatic N) is 1. The highest BCUT2D eigenvalue weighted by Crippen LogP contribution is 2.57. The SMILES string of the molecule is CC(C(=O)N1C(=O)OC[C@@]23OC[C@H]4OC(C)(C)O[C@H]4[C@@]12OC(C)(C)O3)C(O)c1ccccc1. The van der Waals surface area contributed by atoms with Gasteiger partial charge in [0.25, 0.3) is 5.79 Å². The van der Waals surface area contributed by atoms with E-state index in [1.165, 1.54) is 6.92 Å². The van der Waals surface area contributed by atoms with Gasteiger partial charge < -0.3 is 33.5 Å². The minimum Gasteiger partial charge on any atom is -0.443 e. The number of imide groups is 1. The Morgan fingerprint density at radius 3 is 2.48 bits per heavy atom. The molecule has 2 amide bonds. The van der Waals surface area contributed by atoms with Crippen LogP contribution < -0.4 is 0 Å². The van der Waals surface area contributed by atoms with Gasteiger partial charge in [-0.25, -0.2) is 9.69 Å². The van der Waals surface area contributed by atoms with Crippen molar-refractivity contribution < 1.29 is 43.1 Å². The maximum atomic E-state index is 13.9. The van der Waals surface area contributed by atoms with Crippen molar-refractivity contribution in [2.75, 3.05) is 13.2 Å². The highest BCUT2D eigenvalue weighted by atomic mass is 16.9. The molecule has 4 fully saturated rings. The second kappa shape index (κ2) is 7.21. The molecule has 1 N–H and O–H groups in total. The van der Waals surface area contributed by atoms with Crippen molar-refractivity contribution in [3.8, 4) is 0 Å². The summed E-state index contributed by atoms with van der Waals surface area (Å²) in [6.07, 6.45) is -3.63. The normalized spacial score (nSPS) is 38.0. The van der Waals surface area contributed by atoms with E-state index in [-0.39, 0.29) is 13.2 Å². The molecule has 1 aromatic carbocycles. The van der Waals surface area contributed by atoms with Gasteiger partial charge in [0.1, 0.15) is 12.2 Å². The second-order valence-electron chi connectivity index (χ2n) is 9.83. The molecule has 2 unspecified atom stereocenters. The molecule has 33 heavy (non-hydrogen) atoms. The first-order valence-corrected chi connectivity index (χ1v) is 11.1. The Labute approximate surface area is 191 Å². The maximum absolute atomic E-state index is 13.9. The van der Waals surface area contributed by atoms with Crippen molar-refractivity contribution in [1.82, 2.24) is 4.90 Å². The molecule has 180 valence electrons. The quantitative estimate of drug-likeness (QED) is 0.720. The van der Waals surface area contributed by atoms with Crippen molar-refractivity contribution in [3.63, 3.8) is 0 Å². The number of hydrogen-bond acceptors (Lipinski definition) is 9. The number of carbonyl (C=O) groups excluding carboxylic acids is 2. The standard InChI is InChI=1S/C23H29NO9/c1-13(16(25)14-9-7-6-8-10-14)18(26)24-19(27)28-12-22-23(24,33-21(4,5)32-22)17-15(11-29-22)30-20(2,3)31-17/h6-10,13,15-17,25H,11-12H2,1-5H3/t13?,15-,16?,17-,22+,23+/m1/s1. The first kappa shape index (κ1) is 22.7. The topological polar surface area (TPSA) is 113 Å². The van der Waals surface area contributed by atoms with E-state index >= 15 is 0 Å². The first-order chi connectivity index (χ1) is 15.4. The van der Waals surface area contributed by atoms with Crippen LogP contribution in [-0.4, -0.2) is 70.5 Å². The van der Waals surface area contributed by atoms with Gasteiger partial charge in [-0.2, -0.15) is 0 Å². The van der Waals surface area contributed by atoms with Gasteiger partial charge in [0.15, 0.2) is 18.2 Å². The minimum atomic E-state index is -1.82. The lowest BCUT2D eigenvalue weighted by Gasteiger charge is -2.55. The summed E-state index contributed by atoms with van der Waals surface area (Å²) in [6, 6.07) is 8.75. The number of ether oxygens (including phenoxy) is 6. The molecule has 5 rings (SSSR count). The lowest BCUT2D eigenvalue weighted by molar-refractivity contribution is -0.358. The lowest BCUT2D eigenvalue weighted by Crippen LogP contribution is -2.81. The van der Waals surface area contributed by atoms with Crippen molar-refractivity contribution in [3.05, 3.63) is 35.9 Å². The van der Waals surface area contributed by atoms with Crippen LogP contribution in [0.15, 0.2) is 30.3 Å². The molecule has 0 radical (unpaired) electrons. The van der Waals surface area contributed by atoms with Crippen LogP contribution >= 0.6 is 0 Å². The number of cyclic esters (lactones) is 1. The molecule has 0 spiro atoms. The number of aliphatic hydroxyl groups is 1. The van der Waals surface area contributed by atoms with Crippen molar-refractivity contribution in [2.24, 2.45) is 5.92 Å². The van der Waals surface area contributed by atoms with Crippen LogP contribution in [0, 0.1) is 5.92 Å². The number of hydrogen-bond donors (Lipinski definition) is 1. The fourth-order valence-corrected chi connectivity index (χ4v) is 5.26. The maximum Gasteiger partial charge on any atom is 0.419 e. The Kier molecular flexibility index (Phi) is 4.96. The Balaban J connectivity index is 1.60. The van der Waals surface area contributed by atoms with E-state index < -0.39 is 59.3 Å². The highest BCUT2D eigenvalue weighted by molar-refractivity contribution is 5.95. The predicted molar refractivity (Wildman–Crippen MR) is 110 cm³/mol. The molecule has 0 bridgehead atoms. The summed E-state index contributed by atoms with van der Waals surface area (Å²) in [5.41, 5.74) is -1.28. The largest absolute Gasteiger partial charge is 0.443 e. The Morgan fingerprint density at radius 1 is 1.09 bits per heavy atom. The summed E-state index contributed by atoms with van der Waals surface area (Å²) >= 11 is 0. The Hall–Kier alpha value is -2.08. The number of amides is 2. The molecular weight excluding hydrogens is 434 g/mol.